The van der Waals surface area contributed by atoms with Gasteiger partial charge in [-0.1, -0.05) is 0 Å². The van der Waals surface area contributed by atoms with E-state index in [2.05, 4.69) is 26.2 Å². The molecule has 0 aliphatic rings. The summed E-state index contributed by atoms with van der Waals surface area (Å²) in [6, 6.07) is 5.14. The first kappa shape index (κ1) is 11.8. The van der Waals surface area contributed by atoms with Gasteiger partial charge >= 0.3 is 0 Å². The van der Waals surface area contributed by atoms with Gasteiger partial charge in [0, 0.05) is 22.4 Å². The van der Waals surface area contributed by atoms with Gasteiger partial charge in [0.25, 0.3) is 0 Å². The topological polar surface area (TPSA) is 50.9 Å². The summed E-state index contributed by atoms with van der Waals surface area (Å²) in [5.74, 6) is -1.43. The summed E-state index contributed by atoms with van der Waals surface area (Å²) < 4.78 is 26.4. The number of nitrogens with one attached hydrogen (secondary N) is 1. The monoisotopic (exact) mass is 299 g/mol. The molecule has 1 aromatic carbocycles. The van der Waals surface area contributed by atoms with E-state index in [1.165, 1.54) is 6.07 Å². The maximum Gasteiger partial charge on any atom is 0.160 e. The van der Waals surface area contributed by atoms with Gasteiger partial charge in [0.05, 0.1) is 5.69 Å². The largest absolute Gasteiger partial charge is 0.396 e. The van der Waals surface area contributed by atoms with Crippen LogP contribution in [0, 0.1) is 11.6 Å². The molecule has 0 aliphatic carbocycles. The fourth-order valence-electron chi connectivity index (χ4n) is 1.27. The van der Waals surface area contributed by atoms with E-state index in [0.29, 0.717) is 17.2 Å². The first-order chi connectivity index (χ1) is 8.06. The Morgan fingerprint density at radius 3 is 2.59 bits per heavy atom. The van der Waals surface area contributed by atoms with Gasteiger partial charge < -0.3 is 11.1 Å². The van der Waals surface area contributed by atoms with Gasteiger partial charge in [-0.15, -0.1) is 0 Å². The van der Waals surface area contributed by atoms with Crippen molar-refractivity contribution in [1.29, 1.82) is 0 Å². The normalized spacial score (nSPS) is 10.3. The van der Waals surface area contributed by atoms with E-state index in [9.17, 15) is 8.78 Å². The number of aromatic nitrogens is 1. The Hall–Kier alpha value is -1.69. The molecular weight excluding hydrogens is 292 g/mol. The lowest BCUT2D eigenvalue weighted by molar-refractivity contribution is 0.509. The zero-order valence-corrected chi connectivity index (χ0v) is 10.1. The van der Waals surface area contributed by atoms with Gasteiger partial charge in [-0.25, -0.2) is 13.8 Å². The van der Waals surface area contributed by atoms with Crippen LogP contribution in [0.25, 0.3) is 0 Å². The van der Waals surface area contributed by atoms with Crippen LogP contribution in [0.5, 0.6) is 0 Å². The van der Waals surface area contributed by atoms with Crippen LogP contribution in [0.1, 0.15) is 0 Å². The smallest absolute Gasteiger partial charge is 0.160 e. The molecule has 88 valence electrons. The molecule has 0 amide bonds. The van der Waals surface area contributed by atoms with E-state index in [-0.39, 0.29) is 0 Å². The number of hydrogen-bond acceptors (Lipinski definition) is 3. The van der Waals surface area contributed by atoms with Gasteiger partial charge in [0.2, 0.25) is 0 Å². The Balaban J connectivity index is 2.28. The van der Waals surface area contributed by atoms with Gasteiger partial charge in [0.15, 0.2) is 17.5 Å². The highest BCUT2D eigenvalue weighted by atomic mass is 79.9. The summed E-state index contributed by atoms with van der Waals surface area (Å²) in [6.45, 7) is 0. The van der Waals surface area contributed by atoms with Crippen molar-refractivity contribution < 1.29 is 8.78 Å². The summed E-state index contributed by atoms with van der Waals surface area (Å²) in [6.07, 6.45) is 1.55. The molecule has 0 unspecified atom stereocenters. The molecule has 3 nitrogen and oxygen atoms in total. The number of nitrogen functional groups attached to an aromatic ring is 1. The van der Waals surface area contributed by atoms with Crippen LogP contribution in [-0.4, -0.2) is 4.98 Å². The summed E-state index contributed by atoms with van der Waals surface area (Å²) in [7, 11) is 0. The van der Waals surface area contributed by atoms with Gasteiger partial charge in [-0.2, -0.15) is 0 Å². The average Bonchev–Trinajstić information content (AvgIpc) is 2.27. The van der Waals surface area contributed by atoms with Gasteiger partial charge in [0.1, 0.15) is 0 Å². The highest BCUT2D eigenvalue weighted by molar-refractivity contribution is 9.10. The van der Waals surface area contributed by atoms with E-state index in [0.717, 1.165) is 16.6 Å². The molecule has 2 rings (SSSR count). The summed E-state index contributed by atoms with van der Waals surface area (Å²) >= 11 is 3.22. The molecule has 0 fully saturated rings. The zero-order valence-electron chi connectivity index (χ0n) is 8.55. The van der Waals surface area contributed by atoms with Gasteiger partial charge in [-0.3, -0.25) is 0 Å². The van der Waals surface area contributed by atoms with Gasteiger partial charge in [-0.05, 0) is 34.1 Å². The maximum atomic E-state index is 13.0. The number of halogens is 3. The molecule has 6 heteroatoms. The lowest BCUT2D eigenvalue weighted by Crippen LogP contribution is -1.99. The summed E-state index contributed by atoms with van der Waals surface area (Å²) in [4.78, 5) is 4.03. The molecule has 2 aromatic rings. The molecule has 0 bridgehead atoms. The van der Waals surface area contributed by atoms with E-state index in [1.54, 1.807) is 12.3 Å². The number of rotatable bonds is 2. The van der Waals surface area contributed by atoms with Crippen molar-refractivity contribution >= 4 is 33.1 Å². The first-order valence-electron chi connectivity index (χ1n) is 4.69. The summed E-state index contributed by atoms with van der Waals surface area (Å²) in [5.41, 5.74) is 6.50. The van der Waals surface area contributed by atoms with Crippen molar-refractivity contribution in [3.05, 3.63) is 46.6 Å². The van der Waals surface area contributed by atoms with Crippen LogP contribution in [0.2, 0.25) is 0 Å². The lowest BCUT2D eigenvalue weighted by Gasteiger charge is -2.08. The van der Waals surface area contributed by atoms with E-state index < -0.39 is 11.6 Å². The lowest BCUT2D eigenvalue weighted by atomic mass is 10.3. The van der Waals surface area contributed by atoms with E-state index in [4.69, 9.17) is 5.73 Å². The SMILES string of the molecule is Nc1cc(Br)cnc1Nc1ccc(F)c(F)c1. The third-order valence-electron chi connectivity index (χ3n) is 2.07. The van der Waals surface area contributed by atoms with Crippen molar-refractivity contribution in [2.75, 3.05) is 11.1 Å². The number of nitrogens with zero attached hydrogens (tertiary/aromatic N) is 1. The predicted octanol–water partition coefficient (Wildman–Crippen LogP) is 3.45. The Bertz CT molecular complexity index is 560. The molecule has 0 atom stereocenters. The summed E-state index contributed by atoms with van der Waals surface area (Å²) in [5, 5.41) is 2.80. The molecule has 17 heavy (non-hydrogen) atoms. The van der Waals surface area contributed by atoms with Crippen molar-refractivity contribution in [2.24, 2.45) is 0 Å². The minimum atomic E-state index is -0.925. The molecule has 1 aromatic heterocycles. The molecule has 0 radical (unpaired) electrons. The predicted molar refractivity (Wildman–Crippen MR) is 66.0 cm³/mol. The second-order valence-electron chi connectivity index (χ2n) is 3.35. The van der Waals surface area contributed by atoms with Crippen LogP contribution in [0.3, 0.4) is 0 Å². The number of pyridine rings is 1. The number of benzene rings is 1. The number of nitrogens with two attached hydrogens (primary N) is 1. The molecule has 3 N–H and O–H groups in total. The molecule has 0 spiro atoms. The Morgan fingerprint density at radius 2 is 1.94 bits per heavy atom. The highest BCUT2D eigenvalue weighted by Crippen LogP contribution is 2.24. The van der Waals surface area contributed by atoms with Crippen molar-refractivity contribution in [2.45, 2.75) is 0 Å². The zero-order chi connectivity index (χ0) is 12.4. The van der Waals surface area contributed by atoms with Crippen LogP contribution >= 0.6 is 15.9 Å². The molecule has 0 saturated heterocycles. The molecule has 1 heterocycles. The van der Waals surface area contributed by atoms with Crippen LogP contribution in [-0.2, 0) is 0 Å². The van der Waals surface area contributed by atoms with E-state index in [1.807, 2.05) is 0 Å². The second kappa shape index (κ2) is 4.67. The van der Waals surface area contributed by atoms with Crippen LogP contribution in [0.4, 0.5) is 26.0 Å². The number of hydrogen-bond donors (Lipinski definition) is 2. The highest BCUT2D eigenvalue weighted by Gasteiger charge is 2.05. The van der Waals surface area contributed by atoms with Crippen molar-refractivity contribution in [1.82, 2.24) is 4.98 Å². The quantitative estimate of drug-likeness (QED) is 0.893. The Kier molecular flexibility index (Phi) is 3.23. The minimum absolute atomic E-state index is 0.380. The van der Waals surface area contributed by atoms with E-state index >= 15 is 0 Å². The molecule has 0 saturated carbocycles. The standard InChI is InChI=1S/C11H8BrF2N3/c12-6-3-10(15)11(16-5-6)17-7-1-2-8(13)9(14)4-7/h1-5H,15H2,(H,16,17). The fraction of sp³-hybridized carbons (Fsp3) is 0. The Labute approximate surface area is 105 Å². The Morgan fingerprint density at radius 1 is 1.18 bits per heavy atom. The van der Waals surface area contributed by atoms with Crippen molar-refractivity contribution in [3.63, 3.8) is 0 Å². The third-order valence-corrected chi connectivity index (χ3v) is 2.50. The first-order valence-corrected chi connectivity index (χ1v) is 5.48. The van der Waals surface area contributed by atoms with Crippen molar-refractivity contribution in [3.8, 4) is 0 Å². The van der Waals surface area contributed by atoms with Crippen LogP contribution < -0.4 is 11.1 Å². The second-order valence-corrected chi connectivity index (χ2v) is 4.26. The third kappa shape index (κ3) is 2.71. The maximum absolute atomic E-state index is 13.0. The number of anilines is 3. The molecule has 0 aliphatic heterocycles. The van der Waals surface area contributed by atoms with Crippen LogP contribution in [0.15, 0.2) is 34.9 Å². The minimum Gasteiger partial charge on any atom is -0.396 e. The fourth-order valence-corrected chi connectivity index (χ4v) is 1.62. The average molecular weight is 300 g/mol. The molecular formula is C11H8BrF2N3.